The van der Waals surface area contributed by atoms with Gasteiger partial charge in [-0.05, 0) is 59.3 Å². The predicted molar refractivity (Wildman–Crippen MR) is 118 cm³/mol. The maximum Gasteiger partial charge on any atom is 1.00 e. The summed E-state index contributed by atoms with van der Waals surface area (Å²) in [5, 5.41) is 0.155. The molecule has 0 aliphatic rings. The molecule has 35 heavy (non-hydrogen) atoms. The molecule has 0 radical (unpaired) electrons. The van der Waals surface area contributed by atoms with Crippen molar-refractivity contribution in [2.24, 2.45) is 0 Å². The Labute approximate surface area is 247 Å². The SMILES string of the molecule is O=S(=O)([O-])c1cc(S(=O)(=O)[O-])c2ccc(N(Cc3ccccn3)Cc3ccccn3)cc2c1.[Na+].[Na+]. The minimum Gasteiger partial charge on any atom is -0.744 e. The van der Waals surface area contributed by atoms with Crippen molar-refractivity contribution in [3.05, 3.63) is 90.5 Å². The summed E-state index contributed by atoms with van der Waals surface area (Å²) in [6, 6.07) is 17.2. The van der Waals surface area contributed by atoms with Crippen LogP contribution < -0.4 is 64.0 Å². The largest absolute Gasteiger partial charge is 1.00 e. The van der Waals surface area contributed by atoms with E-state index in [2.05, 4.69) is 9.97 Å². The molecular weight excluding hydrogens is 512 g/mol. The quantitative estimate of drug-likeness (QED) is 0.177. The Kier molecular flexibility index (Phi) is 10.4. The number of nitrogens with zero attached hydrogens (tertiary/aromatic N) is 3. The predicted octanol–water partition coefficient (Wildman–Crippen LogP) is -3.35. The van der Waals surface area contributed by atoms with Gasteiger partial charge in [0, 0.05) is 18.1 Å². The molecule has 2 aromatic heterocycles. The smallest absolute Gasteiger partial charge is 0.744 e. The molecular formula is C22H17N3Na2O6S2. The first kappa shape index (κ1) is 29.8. The van der Waals surface area contributed by atoms with Gasteiger partial charge in [-0.2, -0.15) is 0 Å². The zero-order valence-corrected chi connectivity index (χ0v) is 24.7. The maximum absolute atomic E-state index is 11.7. The van der Waals surface area contributed by atoms with Crippen molar-refractivity contribution in [1.82, 2.24) is 9.97 Å². The van der Waals surface area contributed by atoms with E-state index in [-0.39, 0.29) is 69.9 Å². The summed E-state index contributed by atoms with van der Waals surface area (Å²) >= 11 is 0. The molecule has 0 saturated carbocycles. The van der Waals surface area contributed by atoms with Crippen molar-refractivity contribution in [1.29, 1.82) is 0 Å². The summed E-state index contributed by atoms with van der Waals surface area (Å²) < 4.78 is 70.0. The topological polar surface area (TPSA) is 143 Å². The van der Waals surface area contributed by atoms with Gasteiger partial charge in [0.2, 0.25) is 0 Å². The normalized spacial score (nSPS) is 11.4. The molecule has 0 aliphatic heterocycles. The Morgan fingerprint density at radius 2 is 1.29 bits per heavy atom. The molecule has 0 atom stereocenters. The van der Waals surface area contributed by atoms with Gasteiger partial charge in [-0.25, -0.2) is 16.8 Å². The number of pyridine rings is 2. The van der Waals surface area contributed by atoms with Crippen LogP contribution in [-0.2, 0) is 33.3 Å². The van der Waals surface area contributed by atoms with Crippen molar-refractivity contribution in [2.45, 2.75) is 22.9 Å². The summed E-state index contributed by atoms with van der Waals surface area (Å²) in [6.07, 6.45) is 3.32. The van der Waals surface area contributed by atoms with Gasteiger partial charge < -0.3 is 14.0 Å². The van der Waals surface area contributed by atoms with Crippen LogP contribution in [0.4, 0.5) is 5.69 Å². The zero-order chi connectivity index (χ0) is 23.6. The number of benzene rings is 2. The van der Waals surface area contributed by atoms with Crippen molar-refractivity contribution in [3.63, 3.8) is 0 Å². The molecule has 4 rings (SSSR count). The minimum atomic E-state index is -5.03. The summed E-state index contributed by atoms with van der Waals surface area (Å²) in [5.74, 6) is 0. The molecule has 0 N–H and O–H groups in total. The first-order valence-electron chi connectivity index (χ1n) is 9.66. The molecule has 170 valence electrons. The van der Waals surface area contributed by atoms with E-state index in [1.54, 1.807) is 30.6 Å². The fourth-order valence-corrected chi connectivity index (χ4v) is 4.79. The van der Waals surface area contributed by atoms with Crippen molar-refractivity contribution in [2.75, 3.05) is 4.90 Å². The van der Waals surface area contributed by atoms with E-state index < -0.39 is 30.0 Å². The molecule has 0 fully saturated rings. The molecule has 4 aromatic rings. The van der Waals surface area contributed by atoms with Gasteiger partial charge in [0.1, 0.15) is 20.2 Å². The molecule has 9 nitrogen and oxygen atoms in total. The summed E-state index contributed by atoms with van der Waals surface area (Å²) in [7, 11) is -10.0. The average Bonchev–Trinajstić information content (AvgIpc) is 2.77. The summed E-state index contributed by atoms with van der Waals surface area (Å²) in [4.78, 5) is 9.03. The van der Waals surface area contributed by atoms with Crippen molar-refractivity contribution < 1.29 is 85.1 Å². The first-order chi connectivity index (χ1) is 15.6. The van der Waals surface area contributed by atoms with Gasteiger partial charge in [0.15, 0.2) is 0 Å². The molecule has 0 bridgehead atoms. The van der Waals surface area contributed by atoms with E-state index in [1.165, 1.54) is 12.1 Å². The van der Waals surface area contributed by atoms with E-state index in [4.69, 9.17) is 0 Å². The van der Waals surface area contributed by atoms with E-state index in [1.807, 2.05) is 29.2 Å². The van der Waals surface area contributed by atoms with Gasteiger partial charge >= 0.3 is 59.1 Å². The zero-order valence-electron chi connectivity index (χ0n) is 19.0. The Morgan fingerprint density at radius 3 is 1.74 bits per heavy atom. The van der Waals surface area contributed by atoms with Crippen LogP contribution in [0.2, 0.25) is 0 Å². The molecule has 0 unspecified atom stereocenters. The number of aromatic nitrogens is 2. The molecule has 2 heterocycles. The third-order valence-corrected chi connectivity index (χ3v) is 6.64. The number of anilines is 1. The van der Waals surface area contributed by atoms with Gasteiger partial charge in [0.05, 0.1) is 34.3 Å². The van der Waals surface area contributed by atoms with E-state index in [0.29, 0.717) is 24.8 Å². The number of rotatable bonds is 7. The number of fused-ring (bicyclic) bond motifs is 1. The van der Waals surface area contributed by atoms with E-state index >= 15 is 0 Å². The summed E-state index contributed by atoms with van der Waals surface area (Å²) in [6.45, 7) is 0.740. The van der Waals surface area contributed by atoms with Gasteiger partial charge in [-0.15, -0.1) is 0 Å². The fraction of sp³-hybridized carbons (Fsp3) is 0.0909. The van der Waals surface area contributed by atoms with Crippen LogP contribution in [0.1, 0.15) is 11.4 Å². The maximum atomic E-state index is 11.7. The second kappa shape index (κ2) is 12.2. The summed E-state index contributed by atoms with van der Waals surface area (Å²) in [5.41, 5.74) is 2.10. The second-order valence-electron chi connectivity index (χ2n) is 7.23. The minimum absolute atomic E-state index is 0. The van der Waals surface area contributed by atoms with Crippen LogP contribution in [0, 0.1) is 0 Å². The van der Waals surface area contributed by atoms with Gasteiger partial charge in [-0.3, -0.25) is 9.97 Å². The van der Waals surface area contributed by atoms with Gasteiger partial charge in [-0.1, -0.05) is 18.2 Å². The van der Waals surface area contributed by atoms with Crippen molar-refractivity contribution >= 4 is 36.7 Å². The van der Waals surface area contributed by atoms with Crippen LogP contribution in [0.3, 0.4) is 0 Å². The Bertz CT molecular complexity index is 1480. The van der Waals surface area contributed by atoms with Crippen molar-refractivity contribution in [3.8, 4) is 0 Å². The Hall–Kier alpha value is -1.38. The standard InChI is InChI=1S/C22H19N3O6S2.2Na/c26-32(27,28)20-12-16-11-19(7-8-21(16)22(13-20)33(29,30)31)25(14-17-5-1-3-9-23-17)15-18-6-2-4-10-24-18;;/h1-13H,14-15H2,(H,26,27,28)(H,29,30,31);;/q;2*+1/p-2. The van der Waals surface area contributed by atoms with Crippen LogP contribution in [-0.4, -0.2) is 35.9 Å². The average molecular weight is 530 g/mol. The van der Waals surface area contributed by atoms with E-state index in [9.17, 15) is 25.9 Å². The number of hydrogen-bond donors (Lipinski definition) is 0. The Morgan fingerprint density at radius 1 is 0.714 bits per heavy atom. The first-order valence-corrected chi connectivity index (χ1v) is 12.5. The molecule has 2 aromatic carbocycles. The van der Waals surface area contributed by atoms with Crippen LogP contribution in [0.5, 0.6) is 0 Å². The van der Waals surface area contributed by atoms with Crippen LogP contribution in [0.15, 0.2) is 88.9 Å². The second-order valence-corrected chi connectivity index (χ2v) is 9.96. The molecule has 0 spiro atoms. The molecule has 0 saturated heterocycles. The fourth-order valence-electron chi connectivity index (χ4n) is 3.46. The third kappa shape index (κ3) is 7.56. The van der Waals surface area contributed by atoms with E-state index in [0.717, 1.165) is 17.5 Å². The molecule has 0 amide bonds. The Balaban J connectivity index is 0.00000216. The van der Waals surface area contributed by atoms with Crippen LogP contribution >= 0.6 is 0 Å². The monoisotopic (exact) mass is 529 g/mol. The van der Waals surface area contributed by atoms with Gasteiger partial charge in [0.25, 0.3) is 0 Å². The number of hydrogen-bond acceptors (Lipinski definition) is 9. The molecule has 13 heteroatoms. The molecule has 0 aliphatic carbocycles. The van der Waals surface area contributed by atoms with Crippen LogP contribution in [0.25, 0.3) is 10.8 Å². The third-order valence-electron chi connectivity index (χ3n) is 4.95.